The number of phenols is 1. The van der Waals surface area contributed by atoms with Gasteiger partial charge in [-0.25, -0.2) is 0 Å². The van der Waals surface area contributed by atoms with Gasteiger partial charge in [-0.1, -0.05) is 30.3 Å². The first-order valence-electron chi connectivity index (χ1n) is 6.78. The van der Waals surface area contributed by atoms with Crippen molar-refractivity contribution in [1.29, 1.82) is 0 Å². The highest BCUT2D eigenvalue weighted by atomic mass is 32.1. The normalized spacial score (nSPS) is 16.2. The largest absolute Gasteiger partial charge is 0.508 e. The number of nitrogens with one attached hydrogen (secondary N) is 1. The molecule has 2 aromatic carbocycles. The van der Waals surface area contributed by atoms with Crippen LogP contribution < -0.4 is 10.2 Å². The minimum atomic E-state index is -0.188. The first-order chi connectivity index (χ1) is 10.6. The van der Waals surface area contributed by atoms with Crippen LogP contribution in [0.25, 0.3) is 6.08 Å². The smallest absolute Gasteiger partial charge is 0.281 e. The number of benzene rings is 2. The van der Waals surface area contributed by atoms with Crippen LogP contribution in [0.2, 0.25) is 0 Å². The van der Waals surface area contributed by atoms with E-state index in [9.17, 15) is 9.90 Å². The molecule has 1 amide bonds. The van der Waals surface area contributed by atoms with Crippen molar-refractivity contribution in [2.45, 2.75) is 6.92 Å². The van der Waals surface area contributed by atoms with E-state index >= 15 is 0 Å². The van der Waals surface area contributed by atoms with Gasteiger partial charge in [-0.3, -0.25) is 9.69 Å². The highest BCUT2D eigenvalue weighted by molar-refractivity contribution is 7.80. The molecule has 110 valence electrons. The lowest BCUT2D eigenvalue weighted by atomic mass is 10.1. The van der Waals surface area contributed by atoms with E-state index in [1.165, 1.54) is 4.90 Å². The molecular formula is C17H14N2O2S. The van der Waals surface area contributed by atoms with Gasteiger partial charge in [-0.05, 0) is 54.5 Å². The third-order valence-electron chi connectivity index (χ3n) is 3.44. The molecule has 4 nitrogen and oxygen atoms in total. The fourth-order valence-electron chi connectivity index (χ4n) is 2.31. The minimum absolute atomic E-state index is 0.185. The molecule has 0 atom stereocenters. The number of hydrogen-bond acceptors (Lipinski definition) is 3. The first-order valence-corrected chi connectivity index (χ1v) is 7.19. The summed E-state index contributed by atoms with van der Waals surface area (Å²) in [5.41, 5.74) is 2.98. The van der Waals surface area contributed by atoms with E-state index in [1.54, 1.807) is 30.3 Å². The number of nitrogens with zero attached hydrogens (tertiary/aromatic N) is 1. The summed E-state index contributed by atoms with van der Waals surface area (Å²) >= 11 is 5.29. The van der Waals surface area contributed by atoms with Crippen LogP contribution in [0.15, 0.2) is 54.2 Å². The number of hydrogen-bond donors (Lipinski definition) is 2. The Morgan fingerprint density at radius 2 is 1.82 bits per heavy atom. The van der Waals surface area contributed by atoms with Gasteiger partial charge in [0, 0.05) is 0 Å². The van der Waals surface area contributed by atoms with Gasteiger partial charge < -0.3 is 10.4 Å². The van der Waals surface area contributed by atoms with Crippen LogP contribution in [0.5, 0.6) is 5.75 Å². The maximum absolute atomic E-state index is 12.6. The van der Waals surface area contributed by atoms with Crippen LogP contribution in [-0.2, 0) is 4.79 Å². The van der Waals surface area contributed by atoms with Crippen molar-refractivity contribution in [3.05, 3.63) is 65.4 Å². The zero-order chi connectivity index (χ0) is 15.7. The van der Waals surface area contributed by atoms with Gasteiger partial charge in [0.2, 0.25) is 0 Å². The van der Waals surface area contributed by atoms with Crippen molar-refractivity contribution in [3.8, 4) is 5.75 Å². The van der Waals surface area contributed by atoms with E-state index in [0.29, 0.717) is 10.8 Å². The number of thiocarbonyl (C=S) groups is 1. The van der Waals surface area contributed by atoms with Gasteiger partial charge in [0.25, 0.3) is 5.91 Å². The van der Waals surface area contributed by atoms with Crippen LogP contribution in [0.4, 0.5) is 5.69 Å². The highest BCUT2D eigenvalue weighted by Gasteiger charge is 2.32. The fraction of sp³-hybridized carbons (Fsp3) is 0.0588. The topological polar surface area (TPSA) is 52.6 Å². The number of carbonyl (C=O) groups excluding carboxylic acids is 1. The van der Waals surface area contributed by atoms with Crippen molar-refractivity contribution in [2.75, 3.05) is 4.90 Å². The Morgan fingerprint density at radius 1 is 1.14 bits per heavy atom. The van der Waals surface area contributed by atoms with Crippen LogP contribution in [0, 0.1) is 6.92 Å². The molecule has 0 radical (unpaired) electrons. The summed E-state index contributed by atoms with van der Waals surface area (Å²) in [6.07, 6.45) is 1.71. The predicted octanol–water partition coefficient (Wildman–Crippen LogP) is 2.96. The molecule has 5 heteroatoms. The Morgan fingerprint density at radius 3 is 2.50 bits per heavy atom. The average molecular weight is 310 g/mol. The van der Waals surface area contributed by atoms with Gasteiger partial charge in [-0.2, -0.15) is 0 Å². The van der Waals surface area contributed by atoms with Crippen LogP contribution >= 0.6 is 12.2 Å². The summed E-state index contributed by atoms with van der Waals surface area (Å²) in [5.74, 6) is -0.00251. The van der Waals surface area contributed by atoms with Crippen molar-refractivity contribution < 1.29 is 9.90 Å². The maximum Gasteiger partial charge on any atom is 0.281 e. The van der Waals surface area contributed by atoms with Gasteiger partial charge >= 0.3 is 0 Å². The molecule has 0 saturated carbocycles. The molecule has 22 heavy (non-hydrogen) atoms. The Balaban J connectivity index is 1.95. The number of rotatable bonds is 2. The molecule has 2 aromatic rings. The number of aryl methyl sites for hydroxylation is 1. The van der Waals surface area contributed by atoms with E-state index in [4.69, 9.17) is 12.2 Å². The molecule has 0 unspecified atom stereocenters. The van der Waals surface area contributed by atoms with Crippen molar-refractivity contribution in [2.24, 2.45) is 0 Å². The second kappa shape index (κ2) is 5.61. The quantitative estimate of drug-likeness (QED) is 0.661. The van der Waals surface area contributed by atoms with Crippen molar-refractivity contribution in [3.63, 3.8) is 0 Å². The fourth-order valence-corrected chi connectivity index (χ4v) is 2.60. The van der Waals surface area contributed by atoms with Crippen molar-refractivity contribution in [1.82, 2.24) is 5.32 Å². The number of para-hydroxylation sites is 1. The molecule has 1 saturated heterocycles. The van der Waals surface area contributed by atoms with E-state index in [1.807, 2.05) is 31.2 Å². The lowest BCUT2D eigenvalue weighted by molar-refractivity contribution is -0.113. The SMILES string of the molecule is Cc1ccccc1N1C(=O)/C(=C\c2ccc(O)cc2)NC1=S. The van der Waals surface area contributed by atoms with Crippen LogP contribution in [-0.4, -0.2) is 16.1 Å². The maximum atomic E-state index is 12.6. The predicted molar refractivity (Wildman–Crippen MR) is 90.5 cm³/mol. The Hall–Kier alpha value is -2.66. The number of amides is 1. The molecule has 1 aliphatic heterocycles. The second-order valence-corrected chi connectivity index (χ2v) is 5.39. The molecule has 3 rings (SSSR count). The molecule has 2 N–H and O–H groups in total. The summed E-state index contributed by atoms with van der Waals surface area (Å²) in [6.45, 7) is 1.94. The molecule has 1 aliphatic rings. The van der Waals surface area contributed by atoms with Gasteiger partial charge in [0.15, 0.2) is 5.11 Å². The second-order valence-electron chi connectivity index (χ2n) is 5.01. The Labute approximate surface area is 133 Å². The summed E-state index contributed by atoms with van der Waals surface area (Å²) in [6, 6.07) is 14.2. The zero-order valence-electron chi connectivity index (χ0n) is 11.9. The van der Waals surface area contributed by atoms with Gasteiger partial charge in [0.1, 0.15) is 11.4 Å². The van der Waals surface area contributed by atoms with E-state index in [2.05, 4.69) is 5.32 Å². The number of carbonyl (C=O) groups is 1. The first kappa shape index (κ1) is 14.3. The molecule has 0 aliphatic carbocycles. The highest BCUT2D eigenvalue weighted by Crippen LogP contribution is 2.25. The average Bonchev–Trinajstić information content (AvgIpc) is 2.77. The van der Waals surface area contributed by atoms with E-state index < -0.39 is 0 Å². The molecule has 1 heterocycles. The third kappa shape index (κ3) is 2.58. The molecule has 0 spiro atoms. The summed E-state index contributed by atoms with van der Waals surface area (Å²) < 4.78 is 0. The van der Waals surface area contributed by atoms with Crippen LogP contribution in [0.1, 0.15) is 11.1 Å². The lowest BCUT2D eigenvalue weighted by Gasteiger charge is -2.16. The summed E-state index contributed by atoms with van der Waals surface area (Å²) in [7, 11) is 0. The number of phenolic OH excluding ortho intramolecular Hbond substituents is 1. The number of aromatic hydroxyl groups is 1. The summed E-state index contributed by atoms with van der Waals surface area (Å²) in [5, 5.41) is 12.6. The monoisotopic (exact) mass is 310 g/mol. The Kier molecular flexibility index (Phi) is 3.65. The summed E-state index contributed by atoms with van der Waals surface area (Å²) in [4.78, 5) is 14.1. The minimum Gasteiger partial charge on any atom is -0.508 e. The molecule has 0 aromatic heterocycles. The lowest BCUT2D eigenvalue weighted by Crippen LogP contribution is -2.30. The van der Waals surface area contributed by atoms with Gasteiger partial charge in [-0.15, -0.1) is 0 Å². The van der Waals surface area contributed by atoms with Gasteiger partial charge in [0.05, 0.1) is 5.69 Å². The molecule has 0 bridgehead atoms. The molecular weight excluding hydrogens is 296 g/mol. The molecule has 1 fully saturated rings. The third-order valence-corrected chi connectivity index (χ3v) is 3.72. The van der Waals surface area contributed by atoms with E-state index in [-0.39, 0.29) is 11.7 Å². The zero-order valence-corrected chi connectivity index (χ0v) is 12.7. The number of anilines is 1. The standard InChI is InChI=1S/C17H14N2O2S/c1-11-4-2-3-5-15(11)19-16(21)14(18-17(19)22)10-12-6-8-13(20)9-7-12/h2-10,20H,1H3,(H,18,22)/b14-10+. The van der Waals surface area contributed by atoms with E-state index in [0.717, 1.165) is 16.8 Å². The Bertz CT molecular complexity index is 782. The van der Waals surface area contributed by atoms with Crippen LogP contribution in [0.3, 0.4) is 0 Å². The van der Waals surface area contributed by atoms with Crippen molar-refractivity contribution >= 4 is 35.0 Å².